The van der Waals surface area contributed by atoms with Gasteiger partial charge >= 0.3 is 5.97 Å². The van der Waals surface area contributed by atoms with E-state index in [4.69, 9.17) is 16.7 Å². The van der Waals surface area contributed by atoms with Gasteiger partial charge in [0.05, 0.1) is 10.3 Å². The van der Waals surface area contributed by atoms with Crippen LogP contribution in [0.15, 0.2) is 12.1 Å². The van der Waals surface area contributed by atoms with Crippen LogP contribution in [0, 0.1) is 5.92 Å². The zero-order valence-electron chi connectivity index (χ0n) is 7.24. The number of thiophene rings is 1. The molecule has 0 spiro atoms. The van der Waals surface area contributed by atoms with Crippen molar-refractivity contribution < 1.29 is 15.0 Å². The van der Waals surface area contributed by atoms with Crippen molar-refractivity contribution in [1.82, 2.24) is 0 Å². The van der Waals surface area contributed by atoms with E-state index in [1.165, 1.54) is 11.3 Å². The van der Waals surface area contributed by atoms with Crippen LogP contribution in [0.3, 0.4) is 0 Å². The third-order valence-electron chi connectivity index (χ3n) is 2.55. The summed E-state index contributed by atoms with van der Waals surface area (Å²) < 4.78 is 0.618. The molecule has 2 N–H and O–H groups in total. The van der Waals surface area contributed by atoms with Gasteiger partial charge in [-0.2, -0.15) is 0 Å². The Kier molecular flexibility index (Phi) is 2.29. The fourth-order valence-corrected chi connectivity index (χ4v) is 2.85. The van der Waals surface area contributed by atoms with Gasteiger partial charge in [0.2, 0.25) is 0 Å². The molecule has 1 aliphatic rings. The second kappa shape index (κ2) is 3.22. The molecular weight excluding hydrogens is 224 g/mol. The molecule has 0 bridgehead atoms. The normalized spacial score (nSPS) is 31.1. The van der Waals surface area contributed by atoms with Crippen LogP contribution in [0.25, 0.3) is 0 Å². The molecule has 76 valence electrons. The number of hydrogen-bond donors (Lipinski definition) is 2. The zero-order valence-corrected chi connectivity index (χ0v) is 8.81. The smallest absolute Gasteiger partial charge is 0.306 e. The molecule has 1 saturated carbocycles. The van der Waals surface area contributed by atoms with Crippen molar-refractivity contribution >= 4 is 28.9 Å². The molecule has 0 aromatic carbocycles. The molecule has 0 radical (unpaired) electrons. The minimum absolute atomic E-state index is 0.291. The molecule has 1 heterocycles. The third kappa shape index (κ3) is 1.54. The first-order chi connectivity index (χ1) is 6.51. The van der Waals surface area contributed by atoms with Crippen LogP contribution in [0.1, 0.15) is 17.7 Å². The van der Waals surface area contributed by atoms with Gasteiger partial charge in [-0.15, -0.1) is 11.3 Å². The molecule has 0 atom stereocenters. The maximum atomic E-state index is 10.6. The SMILES string of the molecule is O=C(O)C1CC(O)(c2ccc(Cl)s2)C1. The summed E-state index contributed by atoms with van der Waals surface area (Å²) in [5, 5.41) is 18.7. The Bertz CT molecular complexity index is 368. The molecule has 1 aromatic heterocycles. The van der Waals surface area contributed by atoms with Gasteiger partial charge in [0.15, 0.2) is 0 Å². The molecule has 0 amide bonds. The van der Waals surface area contributed by atoms with Gasteiger partial charge in [-0.05, 0) is 25.0 Å². The summed E-state index contributed by atoms with van der Waals surface area (Å²) in [7, 11) is 0. The minimum Gasteiger partial charge on any atom is -0.481 e. The summed E-state index contributed by atoms with van der Waals surface area (Å²) in [4.78, 5) is 11.3. The van der Waals surface area contributed by atoms with E-state index in [-0.39, 0.29) is 0 Å². The summed E-state index contributed by atoms with van der Waals surface area (Å²) in [6.07, 6.45) is 0.582. The number of aliphatic carboxylic acids is 1. The van der Waals surface area contributed by atoms with E-state index in [2.05, 4.69) is 0 Å². The number of hydrogen-bond acceptors (Lipinski definition) is 3. The number of halogens is 1. The molecule has 2 rings (SSSR count). The minimum atomic E-state index is -0.957. The second-order valence-corrected chi connectivity index (χ2v) is 5.29. The van der Waals surface area contributed by atoms with Crippen LogP contribution in [0.2, 0.25) is 4.34 Å². The quantitative estimate of drug-likeness (QED) is 0.821. The molecule has 0 unspecified atom stereocenters. The fraction of sp³-hybridized carbons (Fsp3) is 0.444. The van der Waals surface area contributed by atoms with Gasteiger partial charge < -0.3 is 10.2 Å². The van der Waals surface area contributed by atoms with Gasteiger partial charge in [-0.3, -0.25) is 4.79 Å². The molecule has 1 fully saturated rings. The Morgan fingerprint density at radius 3 is 2.64 bits per heavy atom. The molecule has 1 aromatic rings. The van der Waals surface area contributed by atoms with E-state index in [0.717, 1.165) is 4.88 Å². The average Bonchev–Trinajstić information content (AvgIpc) is 2.45. The fourth-order valence-electron chi connectivity index (χ4n) is 1.70. The van der Waals surface area contributed by atoms with Crippen molar-refractivity contribution in [3.8, 4) is 0 Å². The van der Waals surface area contributed by atoms with Crippen molar-refractivity contribution in [2.45, 2.75) is 18.4 Å². The number of rotatable bonds is 2. The first-order valence-electron chi connectivity index (χ1n) is 4.22. The van der Waals surface area contributed by atoms with E-state index < -0.39 is 17.5 Å². The number of aliphatic hydroxyl groups is 1. The van der Waals surface area contributed by atoms with Crippen LogP contribution in [0.5, 0.6) is 0 Å². The summed E-state index contributed by atoms with van der Waals surface area (Å²) >= 11 is 7.04. The maximum Gasteiger partial charge on any atom is 0.306 e. The van der Waals surface area contributed by atoms with Crippen LogP contribution in [-0.2, 0) is 10.4 Å². The third-order valence-corrected chi connectivity index (χ3v) is 3.97. The van der Waals surface area contributed by atoms with Gasteiger partial charge in [-0.25, -0.2) is 0 Å². The Hall–Kier alpha value is -0.580. The topological polar surface area (TPSA) is 57.5 Å². The van der Waals surface area contributed by atoms with Crippen LogP contribution < -0.4 is 0 Å². The lowest BCUT2D eigenvalue weighted by Gasteiger charge is -2.40. The molecular formula is C9H9ClO3S. The Morgan fingerprint density at radius 2 is 2.21 bits per heavy atom. The number of carbonyl (C=O) groups is 1. The van der Waals surface area contributed by atoms with Crippen molar-refractivity contribution in [3.05, 3.63) is 21.3 Å². The molecule has 0 saturated heterocycles. The second-order valence-electron chi connectivity index (χ2n) is 3.58. The molecule has 0 aliphatic heterocycles. The van der Waals surface area contributed by atoms with E-state index >= 15 is 0 Å². The van der Waals surface area contributed by atoms with Crippen molar-refractivity contribution in [2.75, 3.05) is 0 Å². The zero-order chi connectivity index (χ0) is 10.3. The summed E-state index contributed by atoms with van der Waals surface area (Å²) in [5.41, 5.74) is -0.957. The highest BCUT2D eigenvalue weighted by Crippen LogP contribution is 2.48. The largest absolute Gasteiger partial charge is 0.481 e. The van der Waals surface area contributed by atoms with E-state index in [1.807, 2.05) is 0 Å². The van der Waals surface area contributed by atoms with E-state index in [9.17, 15) is 9.90 Å². The van der Waals surface area contributed by atoms with E-state index in [1.54, 1.807) is 12.1 Å². The summed E-state index contributed by atoms with van der Waals surface area (Å²) in [6, 6.07) is 3.47. The van der Waals surface area contributed by atoms with Crippen molar-refractivity contribution in [2.24, 2.45) is 5.92 Å². The van der Waals surface area contributed by atoms with E-state index in [0.29, 0.717) is 17.2 Å². The number of carboxylic acids is 1. The first kappa shape index (κ1) is 9.96. The summed E-state index contributed by atoms with van der Waals surface area (Å²) in [5.74, 6) is -1.25. The molecule has 3 nitrogen and oxygen atoms in total. The highest BCUT2D eigenvalue weighted by atomic mass is 35.5. The molecule has 1 aliphatic carbocycles. The Labute approximate surface area is 89.9 Å². The Morgan fingerprint density at radius 1 is 1.57 bits per heavy atom. The monoisotopic (exact) mass is 232 g/mol. The van der Waals surface area contributed by atoms with Crippen molar-refractivity contribution in [3.63, 3.8) is 0 Å². The summed E-state index contributed by atoms with van der Waals surface area (Å²) in [6.45, 7) is 0. The van der Waals surface area contributed by atoms with Gasteiger partial charge in [-0.1, -0.05) is 11.6 Å². The van der Waals surface area contributed by atoms with Gasteiger partial charge in [0, 0.05) is 4.88 Å². The van der Waals surface area contributed by atoms with Crippen LogP contribution in [0.4, 0.5) is 0 Å². The first-order valence-corrected chi connectivity index (χ1v) is 5.42. The standard InChI is InChI=1S/C9H9ClO3S/c10-7-2-1-6(14-7)9(13)3-5(4-9)8(11)12/h1-2,5,13H,3-4H2,(H,11,12). The molecule has 5 heteroatoms. The highest BCUT2D eigenvalue weighted by Gasteiger charge is 2.48. The van der Waals surface area contributed by atoms with Crippen LogP contribution >= 0.6 is 22.9 Å². The van der Waals surface area contributed by atoms with Crippen molar-refractivity contribution in [1.29, 1.82) is 0 Å². The highest BCUT2D eigenvalue weighted by molar-refractivity contribution is 7.16. The van der Waals surface area contributed by atoms with Gasteiger partial charge in [0.1, 0.15) is 5.60 Å². The lowest BCUT2D eigenvalue weighted by Crippen LogP contribution is -2.43. The molecule has 14 heavy (non-hydrogen) atoms. The predicted molar refractivity (Wildman–Crippen MR) is 53.6 cm³/mol. The Balaban J connectivity index is 2.11. The predicted octanol–water partition coefficient (Wildman–Crippen LogP) is 2.08. The average molecular weight is 233 g/mol. The number of carboxylic acid groups (broad SMARTS) is 1. The van der Waals surface area contributed by atoms with Gasteiger partial charge in [0.25, 0.3) is 0 Å². The lowest BCUT2D eigenvalue weighted by atomic mass is 9.70. The maximum absolute atomic E-state index is 10.6. The van der Waals surface area contributed by atoms with Crippen LogP contribution in [-0.4, -0.2) is 16.2 Å². The lowest BCUT2D eigenvalue weighted by molar-refractivity contribution is -0.159.